The van der Waals surface area contributed by atoms with Crippen LogP contribution in [0.2, 0.25) is 0 Å². The molecule has 0 bridgehead atoms. The first-order valence-electron chi connectivity index (χ1n) is 8.81. The molecule has 0 spiro atoms. The summed E-state index contributed by atoms with van der Waals surface area (Å²) in [7, 11) is 0. The fourth-order valence-corrected chi connectivity index (χ4v) is 3.78. The lowest BCUT2D eigenvalue weighted by atomic mass is 10.1. The zero-order valence-corrected chi connectivity index (χ0v) is 16.5. The molecule has 0 unspecified atom stereocenters. The molecule has 0 amide bonds. The van der Waals surface area contributed by atoms with Crippen LogP contribution in [0.15, 0.2) is 60.8 Å². The summed E-state index contributed by atoms with van der Waals surface area (Å²) in [6, 6.07) is 14.9. The van der Waals surface area contributed by atoms with Crippen molar-refractivity contribution in [2.45, 2.75) is 13.3 Å². The standard InChI is InChI=1S/C21H15F3N4OS/c1-12-3-2-4-16(27-12)18-19(30-20(25)28-18)14-9-10-26-17(11-14)13-5-7-15(8-6-13)29-21(22,23)24/h2-11H,1H3,(H2,25,28). The van der Waals surface area contributed by atoms with Crippen molar-refractivity contribution >= 4 is 16.5 Å². The molecular weight excluding hydrogens is 413 g/mol. The first kappa shape index (κ1) is 19.8. The van der Waals surface area contributed by atoms with Gasteiger partial charge in [0.15, 0.2) is 5.13 Å². The number of aryl methyl sites for hydroxylation is 1. The van der Waals surface area contributed by atoms with Crippen LogP contribution in [0.25, 0.3) is 33.1 Å². The molecule has 0 saturated carbocycles. The van der Waals surface area contributed by atoms with Crippen molar-refractivity contribution in [3.8, 4) is 38.8 Å². The maximum Gasteiger partial charge on any atom is 0.573 e. The molecule has 3 aromatic heterocycles. The van der Waals surface area contributed by atoms with Gasteiger partial charge in [0.05, 0.1) is 16.3 Å². The number of anilines is 1. The highest BCUT2D eigenvalue weighted by Gasteiger charge is 2.31. The lowest BCUT2D eigenvalue weighted by Crippen LogP contribution is -2.16. The van der Waals surface area contributed by atoms with Gasteiger partial charge in [0.1, 0.15) is 11.4 Å². The predicted octanol–water partition coefficient (Wildman–Crippen LogP) is 5.72. The Morgan fingerprint density at radius 1 is 0.933 bits per heavy atom. The van der Waals surface area contributed by atoms with E-state index in [1.165, 1.54) is 35.6 Å². The van der Waals surface area contributed by atoms with Gasteiger partial charge < -0.3 is 10.5 Å². The second-order valence-electron chi connectivity index (χ2n) is 6.40. The largest absolute Gasteiger partial charge is 0.573 e. The smallest absolute Gasteiger partial charge is 0.406 e. The molecule has 9 heteroatoms. The molecule has 0 aliphatic rings. The van der Waals surface area contributed by atoms with E-state index in [9.17, 15) is 13.2 Å². The first-order valence-corrected chi connectivity index (χ1v) is 9.63. The Morgan fingerprint density at radius 2 is 1.70 bits per heavy atom. The van der Waals surface area contributed by atoms with E-state index in [1.807, 2.05) is 37.3 Å². The van der Waals surface area contributed by atoms with Crippen molar-refractivity contribution < 1.29 is 17.9 Å². The fraction of sp³-hybridized carbons (Fsp3) is 0.0952. The number of hydrogen-bond donors (Lipinski definition) is 1. The Morgan fingerprint density at radius 3 is 2.40 bits per heavy atom. The number of nitrogens with zero attached hydrogens (tertiary/aromatic N) is 3. The van der Waals surface area contributed by atoms with Gasteiger partial charge in [-0.3, -0.25) is 9.97 Å². The van der Waals surface area contributed by atoms with Gasteiger partial charge in [0, 0.05) is 17.5 Å². The Bertz CT molecular complexity index is 1190. The Kier molecular flexibility index (Phi) is 5.13. The fourth-order valence-electron chi connectivity index (χ4n) is 2.94. The van der Waals surface area contributed by atoms with Crippen LogP contribution in [-0.2, 0) is 0 Å². The number of rotatable bonds is 4. The minimum absolute atomic E-state index is 0.287. The van der Waals surface area contributed by atoms with Crippen molar-refractivity contribution in [1.29, 1.82) is 0 Å². The predicted molar refractivity (Wildman–Crippen MR) is 110 cm³/mol. The van der Waals surface area contributed by atoms with E-state index in [1.54, 1.807) is 6.20 Å². The van der Waals surface area contributed by atoms with Crippen LogP contribution in [0.3, 0.4) is 0 Å². The molecule has 0 radical (unpaired) electrons. The topological polar surface area (TPSA) is 73.9 Å². The zero-order chi connectivity index (χ0) is 21.3. The molecule has 0 atom stereocenters. The molecule has 5 nitrogen and oxygen atoms in total. The first-order chi connectivity index (χ1) is 14.3. The highest BCUT2D eigenvalue weighted by molar-refractivity contribution is 7.19. The minimum atomic E-state index is -4.73. The summed E-state index contributed by atoms with van der Waals surface area (Å²) in [5.41, 5.74) is 10.3. The van der Waals surface area contributed by atoms with Crippen LogP contribution in [0.5, 0.6) is 5.75 Å². The van der Waals surface area contributed by atoms with Crippen LogP contribution in [-0.4, -0.2) is 21.3 Å². The number of alkyl halides is 3. The van der Waals surface area contributed by atoms with Gasteiger partial charge in [-0.1, -0.05) is 17.4 Å². The van der Waals surface area contributed by atoms with E-state index in [4.69, 9.17) is 5.73 Å². The third kappa shape index (κ3) is 4.41. The van der Waals surface area contributed by atoms with E-state index in [2.05, 4.69) is 19.7 Å². The molecule has 1 aromatic carbocycles. The van der Waals surface area contributed by atoms with Gasteiger partial charge in [-0.25, -0.2) is 4.98 Å². The number of hydrogen-bond acceptors (Lipinski definition) is 6. The van der Waals surface area contributed by atoms with Crippen molar-refractivity contribution in [3.63, 3.8) is 0 Å². The maximum absolute atomic E-state index is 12.4. The molecule has 0 aliphatic heterocycles. The van der Waals surface area contributed by atoms with Crippen molar-refractivity contribution in [3.05, 3.63) is 66.5 Å². The molecule has 0 saturated heterocycles. The number of aromatic nitrogens is 3. The van der Waals surface area contributed by atoms with Crippen LogP contribution in [0.4, 0.5) is 18.3 Å². The molecule has 30 heavy (non-hydrogen) atoms. The van der Waals surface area contributed by atoms with Gasteiger partial charge >= 0.3 is 6.36 Å². The van der Waals surface area contributed by atoms with E-state index >= 15 is 0 Å². The molecule has 4 aromatic rings. The summed E-state index contributed by atoms with van der Waals surface area (Å²) >= 11 is 1.33. The van der Waals surface area contributed by atoms with Gasteiger partial charge in [0.2, 0.25) is 0 Å². The van der Waals surface area contributed by atoms with Gasteiger partial charge in [0.25, 0.3) is 0 Å². The summed E-state index contributed by atoms with van der Waals surface area (Å²) in [5.74, 6) is -0.287. The molecule has 152 valence electrons. The summed E-state index contributed by atoms with van der Waals surface area (Å²) in [4.78, 5) is 14.1. The SMILES string of the molecule is Cc1cccc(-c2nc(N)sc2-c2ccnc(-c3ccc(OC(F)(F)F)cc3)c2)n1. The van der Waals surface area contributed by atoms with E-state index in [0.29, 0.717) is 27.8 Å². The number of pyridine rings is 2. The average Bonchev–Trinajstić information content (AvgIpc) is 3.09. The monoisotopic (exact) mass is 428 g/mol. The van der Waals surface area contributed by atoms with Gasteiger partial charge in [-0.15, -0.1) is 13.2 Å². The Hall–Kier alpha value is -3.46. The molecule has 0 aliphatic carbocycles. The van der Waals surface area contributed by atoms with Crippen LogP contribution >= 0.6 is 11.3 Å². The summed E-state index contributed by atoms with van der Waals surface area (Å²) in [6.45, 7) is 1.90. The Balaban J connectivity index is 1.70. The van der Waals surface area contributed by atoms with Crippen molar-refractivity contribution in [2.75, 3.05) is 5.73 Å². The third-order valence-corrected chi connectivity index (χ3v) is 5.11. The number of nitrogen functional groups attached to an aromatic ring is 1. The second kappa shape index (κ2) is 7.75. The number of ether oxygens (including phenoxy) is 1. The normalized spacial score (nSPS) is 11.5. The number of benzene rings is 1. The van der Waals surface area contributed by atoms with Gasteiger partial charge in [-0.2, -0.15) is 0 Å². The Labute approximate surface area is 174 Å². The van der Waals surface area contributed by atoms with Crippen LogP contribution in [0.1, 0.15) is 5.69 Å². The quantitative estimate of drug-likeness (QED) is 0.450. The highest BCUT2D eigenvalue weighted by atomic mass is 32.1. The molecule has 2 N–H and O–H groups in total. The lowest BCUT2D eigenvalue weighted by molar-refractivity contribution is -0.274. The third-order valence-electron chi connectivity index (χ3n) is 4.18. The highest BCUT2D eigenvalue weighted by Crippen LogP contribution is 2.38. The molecule has 3 heterocycles. The average molecular weight is 428 g/mol. The number of nitrogens with two attached hydrogens (primary N) is 1. The molecule has 4 rings (SSSR count). The lowest BCUT2D eigenvalue weighted by Gasteiger charge is -2.09. The minimum Gasteiger partial charge on any atom is -0.406 e. The number of halogens is 3. The maximum atomic E-state index is 12.4. The summed E-state index contributed by atoms with van der Waals surface area (Å²) in [6.07, 6.45) is -3.10. The van der Waals surface area contributed by atoms with Crippen molar-refractivity contribution in [2.24, 2.45) is 0 Å². The van der Waals surface area contributed by atoms with Crippen LogP contribution < -0.4 is 10.5 Å². The summed E-state index contributed by atoms with van der Waals surface area (Å²) in [5, 5.41) is 0.412. The van der Waals surface area contributed by atoms with Crippen molar-refractivity contribution in [1.82, 2.24) is 15.0 Å². The zero-order valence-electron chi connectivity index (χ0n) is 15.6. The van der Waals surface area contributed by atoms with E-state index < -0.39 is 6.36 Å². The summed E-state index contributed by atoms with van der Waals surface area (Å²) < 4.78 is 41.0. The second-order valence-corrected chi connectivity index (χ2v) is 7.43. The van der Waals surface area contributed by atoms with E-state index in [0.717, 1.165) is 16.1 Å². The van der Waals surface area contributed by atoms with E-state index in [-0.39, 0.29) is 5.75 Å². The molecular formula is C21H15F3N4OS. The molecule has 0 fully saturated rings. The number of thiazole rings is 1. The van der Waals surface area contributed by atoms with Gasteiger partial charge in [-0.05, 0) is 61.0 Å². The van der Waals surface area contributed by atoms with Crippen LogP contribution in [0, 0.1) is 6.92 Å².